The van der Waals surface area contributed by atoms with Crippen LogP contribution in [0.2, 0.25) is 0 Å². The van der Waals surface area contributed by atoms with E-state index in [4.69, 9.17) is 4.74 Å². The summed E-state index contributed by atoms with van der Waals surface area (Å²) >= 11 is 0. The number of nitrogens with zero attached hydrogens (tertiary/aromatic N) is 3. The number of carbonyl (C=O) groups excluding carboxylic acids is 2. The number of carbonyl (C=O) groups is 2. The second-order valence-electron chi connectivity index (χ2n) is 7.75. The van der Waals surface area contributed by atoms with E-state index < -0.39 is 0 Å². The van der Waals surface area contributed by atoms with E-state index >= 15 is 0 Å². The molecule has 6 heteroatoms. The second-order valence-corrected chi connectivity index (χ2v) is 7.75. The summed E-state index contributed by atoms with van der Waals surface area (Å²) in [5.41, 5.74) is 1.88. The van der Waals surface area contributed by atoms with Crippen LogP contribution < -0.4 is 4.90 Å². The monoisotopic (exact) mass is 371 g/mol. The van der Waals surface area contributed by atoms with Gasteiger partial charge < -0.3 is 19.4 Å². The lowest BCUT2D eigenvalue weighted by Gasteiger charge is -2.33. The number of hydrogen-bond acceptors (Lipinski definition) is 4. The Bertz CT molecular complexity index is 656. The largest absolute Gasteiger partial charge is 0.378 e. The van der Waals surface area contributed by atoms with Crippen molar-refractivity contribution in [1.82, 2.24) is 9.80 Å². The fourth-order valence-corrected chi connectivity index (χ4v) is 4.34. The van der Waals surface area contributed by atoms with E-state index in [2.05, 4.69) is 4.90 Å². The van der Waals surface area contributed by atoms with Crippen LogP contribution in [0.4, 0.5) is 5.69 Å². The number of amides is 2. The van der Waals surface area contributed by atoms with Crippen LogP contribution in [0.25, 0.3) is 0 Å². The highest BCUT2D eigenvalue weighted by Gasteiger charge is 2.31. The van der Waals surface area contributed by atoms with E-state index in [-0.39, 0.29) is 11.8 Å². The van der Waals surface area contributed by atoms with Crippen LogP contribution >= 0.6 is 0 Å². The quantitative estimate of drug-likeness (QED) is 0.816. The summed E-state index contributed by atoms with van der Waals surface area (Å²) in [7, 11) is 0. The van der Waals surface area contributed by atoms with E-state index in [1.165, 1.54) is 0 Å². The molecule has 0 radical (unpaired) electrons. The molecule has 0 aromatic heterocycles. The van der Waals surface area contributed by atoms with Gasteiger partial charge in [-0.3, -0.25) is 9.59 Å². The van der Waals surface area contributed by atoms with Crippen molar-refractivity contribution in [2.24, 2.45) is 5.92 Å². The minimum atomic E-state index is 0.0793. The lowest BCUT2D eigenvalue weighted by Crippen LogP contribution is -2.43. The molecule has 3 saturated heterocycles. The van der Waals surface area contributed by atoms with Crippen molar-refractivity contribution in [3.63, 3.8) is 0 Å². The van der Waals surface area contributed by atoms with Crippen molar-refractivity contribution in [2.75, 3.05) is 57.4 Å². The third-order valence-electron chi connectivity index (χ3n) is 6.04. The molecule has 4 rings (SSSR count). The van der Waals surface area contributed by atoms with Gasteiger partial charge in [-0.25, -0.2) is 0 Å². The van der Waals surface area contributed by atoms with E-state index in [0.717, 1.165) is 76.3 Å². The molecule has 3 aliphatic rings. The van der Waals surface area contributed by atoms with Crippen molar-refractivity contribution in [3.8, 4) is 0 Å². The number of rotatable bonds is 3. The molecular formula is C21H29N3O3. The van der Waals surface area contributed by atoms with Gasteiger partial charge in [0, 0.05) is 56.4 Å². The molecule has 3 heterocycles. The molecule has 1 aromatic rings. The van der Waals surface area contributed by atoms with Crippen LogP contribution in [0.15, 0.2) is 24.3 Å². The Kier molecular flexibility index (Phi) is 5.62. The van der Waals surface area contributed by atoms with Crippen LogP contribution in [0, 0.1) is 5.92 Å². The summed E-state index contributed by atoms with van der Waals surface area (Å²) < 4.78 is 5.39. The molecule has 0 saturated carbocycles. The number of likely N-dealkylation sites (tertiary alicyclic amines) is 2. The zero-order valence-corrected chi connectivity index (χ0v) is 15.9. The van der Waals surface area contributed by atoms with Gasteiger partial charge in [0.15, 0.2) is 0 Å². The van der Waals surface area contributed by atoms with Gasteiger partial charge in [0.25, 0.3) is 5.91 Å². The van der Waals surface area contributed by atoms with E-state index in [1.54, 1.807) is 0 Å². The number of piperidine rings is 1. The molecule has 1 aromatic carbocycles. The molecule has 0 atom stereocenters. The zero-order chi connectivity index (χ0) is 18.6. The maximum Gasteiger partial charge on any atom is 0.253 e. The SMILES string of the molecule is O=C(c1ccc(N2CCOCC2)cc1)N1CCC(C(=O)N2CCCC2)CC1. The molecule has 2 amide bonds. The maximum atomic E-state index is 12.8. The topological polar surface area (TPSA) is 53.1 Å². The molecule has 0 N–H and O–H groups in total. The summed E-state index contributed by atoms with van der Waals surface area (Å²) in [6.07, 6.45) is 3.83. The van der Waals surface area contributed by atoms with Gasteiger partial charge in [-0.1, -0.05) is 0 Å². The molecule has 146 valence electrons. The van der Waals surface area contributed by atoms with Gasteiger partial charge in [-0.15, -0.1) is 0 Å². The van der Waals surface area contributed by atoms with E-state index in [0.29, 0.717) is 19.0 Å². The van der Waals surface area contributed by atoms with Crippen molar-refractivity contribution in [1.29, 1.82) is 0 Å². The van der Waals surface area contributed by atoms with Gasteiger partial charge >= 0.3 is 0 Å². The average molecular weight is 371 g/mol. The third-order valence-corrected chi connectivity index (χ3v) is 6.04. The van der Waals surface area contributed by atoms with Gasteiger partial charge in [0.05, 0.1) is 13.2 Å². The Morgan fingerprint density at radius 3 is 2.07 bits per heavy atom. The Morgan fingerprint density at radius 1 is 0.815 bits per heavy atom. The molecule has 0 aliphatic carbocycles. The predicted octanol–water partition coefficient (Wildman–Crippen LogP) is 2.00. The number of anilines is 1. The lowest BCUT2D eigenvalue weighted by atomic mass is 9.95. The highest BCUT2D eigenvalue weighted by molar-refractivity contribution is 5.94. The lowest BCUT2D eigenvalue weighted by molar-refractivity contribution is -0.135. The second kappa shape index (κ2) is 8.30. The first kappa shape index (κ1) is 18.3. The van der Waals surface area contributed by atoms with Crippen molar-refractivity contribution in [2.45, 2.75) is 25.7 Å². The summed E-state index contributed by atoms with van der Waals surface area (Å²) in [6, 6.07) is 7.91. The minimum Gasteiger partial charge on any atom is -0.378 e. The number of hydrogen-bond donors (Lipinski definition) is 0. The fourth-order valence-electron chi connectivity index (χ4n) is 4.34. The standard InChI is InChI=1S/C21H29N3O3/c25-20(17-3-5-19(6-4-17)22-13-15-27-16-14-22)24-11-7-18(8-12-24)21(26)23-9-1-2-10-23/h3-6,18H,1-2,7-16H2. The first-order valence-electron chi connectivity index (χ1n) is 10.2. The third kappa shape index (κ3) is 4.10. The maximum absolute atomic E-state index is 12.8. The van der Waals surface area contributed by atoms with Gasteiger partial charge in [0.1, 0.15) is 0 Å². The van der Waals surface area contributed by atoms with Crippen molar-refractivity contribution >= 4 is 17.5 Å². The Morgan fingerprint density at radius 2 is 1.44 bits per heavy atom. The summed E-state index contributed by atoms with van der Waals surface area (Å²) in [5.74, 6) is 0.473. The normalized spacial score (nSPS) is 21.6. The van der Waals surface area contributed by atoms with Gasteiger partial charge in [-0.05, 0) is 49.9 Å². The van der Waals surface area contributed by atoms with Crippen LogP contribution in [0.5, 0.6) is 0 Å². The zero-order valence-electron chi connectivity index (χ0n) is 15.9. The molecule has 3 fully saturated rings. The Balaban J connectivity index is 1.31. The average Bonchev–Trinajstić information content (AvgIpc) is 3.28. The van der Waals surface area contributed by atoms with Crippen LogP contribution in [-0.4, -0.2) is 74.1 Å². The van der Waals surface area contributed by atoms with Gasteiger partial charge in [-0.2, -0.15) is 0 Å². The summed E-state index contributed by atoms with van der Waals surface area (Å²) in [5, 5.41) is 0. The fraction of sp³-hybridized carbons (Fsp3) is 0.619. The number of ether oxygens (including phenoxy) is 1. The van der Waals surface area contributed by atoms with Crippen LogP contribution in [0.3, 0.4) is 0 Å². The molecule has 3 aliphatic heterocycles. The number of morpholine rings is 1. The van der Waals surface area contributed by atoms with Crippen LogP contribution in [-0.2, 0) is 9.53 Å². The van der Waals surface area contributed by atoms with E-state index in [9.17, 15) is 9.59 Å². The molecule has 27 heavy (non-hydrogen) atoms. The van der Waals surface area contributed by atoms with Crippen LogP contribution in [0.1, 0.15) is 36.0 Å². The van der Waals surface area contributed by atoms with Gasteiger partial charge in [0.2, 0.25) is 5.91 Å². The van der Waals surface area contributed by atoms with Crippen molar-refractivity contribution in [3.05, 3.63) is 29.8 Å². The molecule has 0 bridgehead atoms. The van der Waals surface area contributed by atoms with E-state index in [1.807, 2.05) is 34.1 Å². The predicted molar refractivity (Wildman–Crippen MR) is 104 cm³/mol. The highest BCUT2D eigenvalue weighted by atomic mass is 16.5. The van der Waals surface area contributed by atoms with Crippen molar-refractivity contribution < 1.29 is 14.3 Å². The number of benzene rings is 1. The Hall–Kier alpha value is -2.08. The molecule has 0 spiro atoms. The first-order valence-corrected chi connectivity index (χ1v) is 10.2. The Labute approximate surface area is 161 Å². The molecule has 6 nitrogen and oxygen atoms in total. The summed E-state index contributed by atoms with van der Waals surface area (Å²) in [4.78, 5) is 31.6. The smallest absolute Gasteiger partial charge is 0.253 e. The summed E-state index contributed by atoms with van der Waals surface area (Å²) in [6.45, 7) is 6.47. The molecular weight excluding hydrogens is 342 g/mol. The molecule has 0 unspecified atom stereocenters. The highest BCUT2D eigenvalue weighted by Crippen LogP contribution is 2.24. The minimum absolute atomic E-state index is 0.0793. The first-order chi connectivity index (χ1) is 13.2.